The molecule has 1 amide bonds. The van der Waals surface area contributed by atoms with Crippen LogP contribution < -0.4 is 10.1 Å². The molecule has 0 radical (unpaired) electrons. The van der Waals surface area contributed by atoms with Crippen LogP contribution in [0.3, 0.4) is 0 Å². The second kappa shape index (κ2) is 7.40. The Morgan fingerprint density at radius 2 is 2.08 bits per heavy atom. The number of ether oxygens (including phenoxy) is 1. The predicted octanol–water partition coefficient (Wildman–Crippen LogP) is 3.91. The highest BCUT2D eigenvalue weighted by molar-refractivity contribution is 6.32. The SMILES string of the molecule is Cc1coc(CC(=O)O)c1C(=O)Nc1cccc(Cl)c1OC(C)C. The van der Waals surface area contributed by atoms with E-state index in [2.05, 4.69) is 5.32 Å². The number of hydrogen-bond donors (Lipinski definition) is 2. The minimum Gasteiger partial charge on any atom is -0.487 e. The molecule has 24 heavy (non-hydrogen) atoms. The lowest BCUT2D eigenvalue weighted by Crippen LogP contribution is -2.17. The van der Waals surface area contributed by atoms with Crippen LogP contribution in [0.5, 0.6) is 5.75 Å². The van der Waals surface area contributed by atoms with Crippen LogP contribution in [0, 0.1) is 6.92 Å². The number of nitrogens with one attached hydrogen (secondary N) is 1. The number of anilines is 1. The monoisotopic (exact) mass is 351 g/mol. The zero-order valence-electron chi connectivity index (χ0n) is 13.6. The number of halogens is 1. The van der Waals surface area contributed by atoms with Crippen molar-refractivity contribution in [3.8, 4) is 5.75 Å². The van der Waals surface area contributed by atoms with Crippen molar-refractivity contribution in [1.29, 1.82) is 0 Å². The first-order chi connectivity index (χ1) is 11.3. The summed E-state index contributed by atoms with van der Waals surface area (Å²) in [5.41, 5.74) is 1.16. The molecule has 2 N–H and O–H groups in total. The summed E-state index contributed by atoms with van der Waals surface area (Å²) in [6.07, 6.45) is 0.858. The zero-order chi connectivity index (χ0) is 17.9. The van der Waals surface area contributed by atoms with Crippen molar-refractivity contribution < 1.29 is 23.8 Å². The summed E-state index contributed by atoms with van der Waals surface area (Å²) in [5.74, 6) is -1.09. The zero-order valence-corrected chi connectivity index (χ0v) is 14.3. The number of carbonyl (C=O) groups excluding carboxylic acids is 1. The Morgan fingerprint density at radius 1 is 1.38 bits per heavy atom. The summed E-state index contributed by atoms with van der Waals surface area (Å²) >= 11 is 6.14. The number of hydrogen-bond acceptors (Lipinski definition) is 4. The summed E-state index contributed by atoms with van der Waals surface area (Å²) < 4.78 is 10.8. The molecule has 7 heteroatoms. The van der Waals surface area contributed by atoms with Gasteiger partial charge in [0.1, 0.15) is 12.2 Å². The smallest absolute Gasteiger partial charge is 0.311 e. The van der Waals surface area contributed by atoms with Gasteiger partial charge in [-0.2, -0.15) is 0 Å². The van der Waals surface area contributed by atoms with Gasteiger partial charge in [-0.25, -0.2) is 0 Å². The molecule has 1 aromatic carbocycles. The van der Waals surface area contributed by atoms with Crippen LogP contribution in [0.15, 0.2) is 28.9 Å². The molecule has 0 saturated heterocycles. The van der Waals surface area contributed by atoms with E-state index in [1.807, 2.05) is 13.8 Å². The number of aryl methyl sites for hydroxylation is 1. The summed E-state index contributed by atoms with van der Waals surface area (Å²) in [7, 11) is 0. The maximum Gasteiger partial charge on any atom is 0.311 e. The number of furan rings is 1. The molecule has 0 spiro atoms. The third-order valence-corrected chi connectivity index (χ3v) is 3.46. The Hall–Kier alpha value is -2.47. The fraction of sp³-hybridized carbons (Fsp3) is 0.294. The van der Waals surface area contributed by atoms with Gasteiger partial charge in [0.15, 0.2) is 5.75 Å². The van der Waals surface area contributed by atoms with Crippen molar-refractivity contribution in [1.82, 2.24) is 0 Å². The van der Waals surface area contributed by atoms with Crippen molar-refractivity contribution in [2.75, 3.05) is 5.32 Å². The molecular formula is C17H18ClNO5. The number of amides is 1. The summed E-state index contributed by atoms with van der Waals surface area (Å²) in [4.78, 5) is 23.5. The molecular weight excluding hydrogens is 334 g/mol. The maximum atomic E-state index is 12.6. The summed E-state index contributed by atoms with van der Waals surface area (Å²) in [5, 5.41) is 12.0. The fourth-order valence-corrected chi connectivity index (χ4v) is 2.44. The van der Waals surface area contributed by atoms with Gasteiger partial charge in [-0.1, -0.05) is 17.7 Å². The van der Waals surface area contributed by atoms with Crippen LogP contribution in [0.4, 0.5) is 5.69 Å². The molecule has 128 valence electrons. The molecule has 0 saturated carbocycles. The molecule has 0 atom stereocenters. The van der Waals surface area contributed by atoms with E-state index >= 15 is 0 Å². The van der Waals surface area contributed by atoms with Crippen molar-refractivity contribution >= 4 is 29.2 Å². The van der Waals surface area contributed by atoms with E-state index in [-0.39, 0.29) is 23.8 Å². The van der Waals surface area contributed by atoms with Crippen LogP contribution in [0.25, 0.3) is 0 Å². The maximum absolute atomic E-state index is 12.6. The van der Waals surface area contributed by atoms with Crippen LogP contribution in [-0.4, -0.2) is 23.1 Å². The minimum absolute atomic E-state index is 0.103. The number of rotatable bonds is 6. The topological polar surface area (TPSA) is 88.8 Å². The van der Waals surface area contributed by atoms with Crippen LogP contribution >= 0.6 is 11.6 Å². The van der Waals surface area contributed by atoms with Gasteiger partial charge in [0.25, 0.3) is 5.91 Å². The standard InChI is InChI=1S/C17H18ClNO5/c1-9(2)24-16-11(18)5-4-6-12(16)19-17(22)15-10(3)8-23-13(15)7-14(20)21/h4-6,8-9H,7H2,1-3H3,(H,19,22)(H,20,21). The summed E-state index contributed by atoms with van der Waals surface area (Å²) in [6.45, 7) is 5.37. The highest BCUT2D eigenvalue weighted by Crippen LogP contribution is 2.34. The lowest BCUT2D eigenvalue weighted by molar-refractivity contribution is -0.136. The third-order valence-electron chi connectivity index (χ3n) is 3.16. The van der Waals surface area contributed by atoms with Gasteiger partial charge in [-0.3, -0.25) is 9.59 Å². The number of para-hydroxylation sites is 1. The molecule has 0 bridgehead atoms. The number of aliphatic carboxylic acids is 1. The molecule has 6 nitrogen and oxygen atoms in total. The third kappa shape index (κ3) is 4.08. The molecule has 1 aromatic heterocycles. The lowest BCUT2D eigenvalue weighted by Gasteiger charge is -2.16. The van der Waals surface area contributed by atoms with Gasteiger partial charge < -0.3 is 19.6 Å². The van der Waals surface area contributed by atoms with Gasteiger partial charge in [0.2, 0.25) is 0 Å². The highest BCUT2D eigenvalue weighted by Gasteiger charge is 2.22. The second-order valence-electron chi connectivity index (χ2n) is 5.52. The Balaban J connectivity index is 2.33. The second-order valence-corrected chi connectivity index (χ2v) is 5.93. The van der Waals surface area contributed by atoms with E-state index in [4.69, 9.17) is 25.9 Å². The molecule has 0 aliphatic rings. The minimum atomic E-state index is -1.08. The lowest BCUT2D eigenvalue weighted by atomic mass is 10.1. The molecule has 0 fully saturated rings. The van der Waals surface area contributed by atoms with E-state index in [0.29, 0.717) is 22.0 Å². The van der Waals surface area contributed by atoms with E-state index < -0.39 is 11.9 Å². The van der Waals surface area contributed by atoms with E-state index in [1.165, 1.54) is 6.26 Å². The first kappa shape index (κ1) is 17.9. The normalized spacial score (nSPS) is 10.7. The molecule has 0 aliphatic carbocycles. The Bertz CT molecular complexity index is 766. The Morgan fingerprint density at radius 3 is 2.71 bits per heavy atom. The largest absolute Gasteiger partial charge is 0.487 e. The van der Waals surface area contributed by atoms with Crippen molar-refractivity contribution in [2.24, 2.45) is 0 Å². The highest BCUT2D eigenvalue weighted by atomic mass is 35.5. The number of carboxylic acid groups (broad SMARTS) is 1. The van der Waals surface area contributed by atoms with Gasteiger partial charge in [0, 0.05) is 5.56 Å². The van der Waals surface area contributed by atoms with E-state index in [0.717, 1.165) is 0 Å². The molecule has 2 rings (SSSR count). The van der Waals surface area contributed by atoms with E-state index in [9.17, 15) is 9.59 Å². The molecule has 2 aromatic rings. The number of benzene rings is 1. The van der Waals surface area contributed by atoms with Crippen molar-refractivity contribution in [3.63, 3.8) is 0 Å². The number of carboxylic acids is 1. The quantitative estimate of drug-likeness (QED) is 0.823. The fourth-order valence-electron chi connectivity index (χ4n) is 2.22. The Labute approximate surface area is 144 Å². The predicted molar refractivity (Wildman–Crippen MR) is 90.0 cm³/mol. The first-order valence-electron chi connectivity index (χ1n) is 7.34. The Kier molecular flexibility index (Phi) is 5.51. The van der Waals surface area contributed by atoms with E-state index in [1.54, 1.807) is 25.1 Å². The average Bonchev–Trinajstić information content (AvgIpc) is 2.82. The van der Waals surface area contributed by atoms with Crippen LogP contribution in [-0.2, 0) is 11.2 Å². The van der Waals surface area contributed by atoms with Crippen molar-refractivity contribution in [3.05, 3.63) is 46.4 Å². The summed E-state index contributed by atoms with van der Waals surface area (Å²) in [6, 6.07) is 5.01. The molecule has 1 heterocycles. The van der Waals surface area contributed by atoms with Crippen LogP contribution in [0.1, 0.15) is 35.5 Å². The van der Waals surface area contributed by atoms with Gasteiger partial charge in [0.05, 0.1) is 28.6 Å². The van der Waals surface area contributed by atoms with Gasteiger partial charge in [-0.05, 0) is 32.9 Å². The van der Waals surface area contributed by atoms with Gasteiger partial charge in [-0.15, -0.1) is 0 Å². The molecule has 0 aliphatic heterocycles. The van der Waals surface area contributed by atoms with Gasteiger partial charge >= 0.3 is 5.97 Å². The number of carbonyl (C=O) groups is 2. The average molecular weight is 352 g/mol. The van der Waals surface area contributed by atoms with Crippen LogP contribution in [0.2, 0.25) is 5.02 Å². The van der Waals surface area contributed by atoms with Crippen molar-refractivity contribution in [2.45, 2.75) is 33.3 Å². The molecule has 0 unspecified atom stereocenters. The first-order valence-corrected chi connectivity index (χ1v) is 7.72.